The summed E-state index contributed by atoms with van der Waals surface area (Å²) in [6, 6.07) is 14.1. The number of nitrogens with zero attached hydrogens (tertiary/aromatic N) is 2. The average molecular weight is 396 g/mol. The highest BCUT2D eigenvalue weighted by atomic mass is 127. The maximum Gasteiger partial charge on any atom is 0.188 e. The largest absolute Gasteiger partial charge is 0.370 e. The topological polar surface area (TPSA) is 63.3 Å². The molecule has 4 nitrogen and oxygen atoms in total. The number of pyridine rings is 1. The van der Waals surface area contributed by atoms with Crippen molar-refractivity contribution in [2.75, 3.05) is 6.54 Å². The maximum absolute atomic E-state index is 5.85. The molecule has 0 unspecified atom stereocenters. The lowest BCUT2D eigenvalue weighted by atomic mass is 10.1. The van der Waals surface area contributed by atoms with Gasteiger partial charge in [0.15, 0.2) is 5.96 Å². The summed E-state index contributed by atoms with van der Waals surface area (Å²) in [6.07, 6.45) is 2.63. The van der Waals surface area contributed by atoms with Crippen LogP contribution >= 0.6 is 24.0 Å². The van der Waals surface area contributed by atoms with Gasteiger partial charge in [-0.1, -0.05) is 30.3 Å². The van der Waals surface area contributed by atoms with Crippen molar-refractivity contribution in [3.05, 3.63) is 65.5 Å². The molecule has 0 atom stereocenters. The highest BCUT2D eigenvalue weighted by Crippen LogP contribution is 2.07. The molecule has 5 heteroatoms. The number of rotatable bonds is 5. The van der Waals surface area contributed by atoms with Crippen molar-refractivity contribution in [2.24, 2.45) is 10.7 Å². The molecule has 0 radical (unpaired) electrons. The van der Waals surface area contributed by atoms with Crippen LogP contribution in [-0.4, -0.2) is 17.5 Å². The number of halogens is 1. The number of aryl methyl sites for hydroxylation is 1. The SMILES string of the molecule is Cc1ccccc1CN=C(N)NCCc1ccccn1.I. The molecule has 112 valence electrons. The fourth-order valence-corrected chi connectivity index (χ4v) is 1.88. The molecular formula is C16H21IN4. The molecule has 0 aliphatic carbocycles. The van der Waals surface area contributed by atoms with Crippen LogP contribution in [0.4, 0.5) is 0 Å². The summed E-state index contributed by atoms with van der Waals surface area (Å²) in [5.74, 6) is 0.476. The Labute approximate surface area is 142 Å². The van der Waals surface area contributed by atoms with Crippen LogP contribution in [0.1, 0.15) is 16.8 Å². The Bertz CT molecular complexity index is 569. The zero-order chi connectivity index (χ0) is 14.2. The van der Waals surface area contributed by atoms with E-state index >= 15 is 0 Å². The van der Waals surface area contributed by atoms with Crippen LogP contribution in [0.15, 0.2) is 53.7 Å². The van der Waals surface area contributed by atoms with Crippen molar-refractivity contribution in [1.29, 1.82) is 0 Å². The summed E-state index contributed by atoms with van der Waals surface area (Å²) < 4.78 is 0. The highest BCUT2D eigenvalue weighted by molar-refractivity contribution is 14.0. The Morgan fingerprint density at radius 2 is 1.95 bits per heavy atom. The Balaban J connectivity index is 0.00000220. The van der Waals surface area contributed by atoms with E-state index in [0.717, 1.165) is 18.7 Å². The summed E-state index contributed by atoms with van der Waals surface area (Å²) in [6.45, 7) is 3.42. The number of hydrogen-bond acceptors (Lipinski definition) is 2. The lowest BCUT2D eigenvalue weighted by molar-refractivity contribution is 0.827. The maximum atomic E-state index is 5.85. The molecule has 3 N–H and O–H groups in total. The van der Waals surface area contributed by atoms with Gasteiger partial charge in [0.2, 0.25) is 0 Å². The average Bonchev–Trinajstić information content (AvgIpc) is 2.47. The lowest BCUT2D eigenvalue weighted by Gasteiger charge is -2.06. The van der Waals surface area contributed by atoms with Crippen molar-refractivity contribution < 1.29 is 0 Å². The summed E-state index contributed by atoms with van der Waals surface area (Å²) in [5.41, 5.74) is 9.33. The van der Waals surface area contributed by atoms with Crippen LogP contribution in [0.2, 0.25) is 0 Å². The number of benzene rings is 1. The minimum Gasteiger partial charge on any atom is -0.370 e. The van der Waals surface area contributed by atoms with Gasteiger partial charge in [-0.15, -0.1) is 24.0 Å². The highest BCUT2D eigenvalue weighted by Gasteiger charge is 1.97. The summed E-state index contributed by atoms with van der Waals surface area (Å²) >= 11 is 0. The van der Waals surface area contributed by atoms with Crippen LogP contribution in [0, 0.1) is 6.92 Å². The molecule has 2 aromatic rings. The smallest absolute Gasteiger partial charge is 0.188 e. The normalized spacial score (nSPS) is 10.8. The van der Waals surface area contributed by atoms with E-state index in [1.807, 2.05) is 30.3 Å². The Kier molecular flexibility index (Phi) is 7.74. The molecule has 0 amide bonds. The zero-order valence-corrected chi connectivity index (χ0v) is 14.5. The second-order valence-electron chi connectivity index (χ2n) is 4.63. The molecule has 0 spiro atoms. The second-order valence-corrected chi connectivity index (χ2v) is 4.63. The third kappa shape index (κ3) is 6.12. The summed E-state index contributed by atoms with van der Waals surface area (Å²) in [7, 11) is 0. The van der Waals surface area contributed by atoms with Gasteiger partial charge in [-0.25, -0.2) is 4.99 Å². The van der Waals surface area contributed by atoms with Crippen LogP contribution in [0.3, 0.4) is 0 Å². The van der Waals surface area contributed by atoms with Crippen LogP contribution in [0.5, 0.6) is 0 Å². The molecule has 0 aliphatic heterocycles. The Morgan fingerprint density at radius 3 is 2.67 bits per heavy atom. The lowest BCUT2D eigenvalue weighted by Crippen LogP contribution is -2.33. The van der Waals surface area contributed by atoms with E-state index in [0.29, 0.717) is 12.5 Å². The van der Waals surface area contributed by atoms with E-state index in [1.54, 1.807) is 6.20 Å². The standard InChI is InChI=1S/C16H20N4.HI/c1-13-6-2-3-7-14(13)12-20-16(17)19-11-9-15-8-4-5-10-18-15;/h2-8,10H,9,11-12H2,1H3,(H3,17,19,20);1H. The number of aliphatic imine (C=N–C) groups is 1. The van der Waals surface area contributed by atoms with Crippen molar-refractivity contribution in [1.82, 2.24) is 10.3 Å². The molecular weight excluding hydrogens is 375 g/mol. The number of nitrogens with two attached hydrogens (primary N) is 1. The fourth-order valence-electron chi connectivity index (χ4n) is 1.88. The molecule has 0 saturated heterocycles. The molecule has 0 saturated carbocycles. The fraction of sp³-hybridized carbons (Fsp3) is 0.250. The van der Waals surface area contributed by atoms with Crippen LogP contribution in [0.25, 0.3) is 0 Å². The molecule has 1 aromatic heterocycles. The van der Waals surface area contributed by atoms with Crippen molar-refractivity contribution in [2.45, 2.75) is 19.9 Å². The van der Waals surface area contributed by atoms with Gasteiger partial charge in [-0.05, 0) is 30.2 Å². The van der Waals surface area contributed by atoms with Gasteiger partial charge >= 0.3 is 0 Å². The molecule has 0 fully saturated rings. The first-order chi connectivity index (χ1) is 9.75. The van der Waals surface area contributed by atoms with E-state index < -0.39 is 0 Å². The molecule has 1 aromatic carbocycles. The number of guanidine groups is 1. The van der Waals surface area contributed by atoms with Crippen LogP contribution in [-0.2, 0) is 13.0 Å². The second kappa shape index (κ2) is 9.33. The van der Waals surface area contributed by atoms with E-state index in [9.17, 15) is 0 Å². The predicted molar refractivity (Wildman–Crippen MR) is 97.9 cm³/mol. The van der Waals surface area contributed by atoms with Gasteiger partial charge in [0.05, 0.1) is 6.54 Å². The molecule has 21 heavy (non-hydrogen) atoms. The molecule has 1 heterocycles. The summed E-state index contributed by atoms with van der Waals surface area (Å²) in [5, 5.41) is 3.11. The number of aromatic nitrogens is 1. The van der Waals surface area contributed by atoms with Gasteiger partial charge in [0.25, 0.3) is 0 Å². The van der Waals surface area contributed by atoms with Gasteiger partial charge in [-0.3, -0.25) is 4.98 Å². The van der Waals surface area contributed by atoms with Gasteiger partial charge in [-0.2, -0.15) is 0 Å². The van der Waals surface area contributed by atoms with E-state index in [4.69, 9.17) is 5.73 Å². The molecule has 2 rings (SSSR count). The Hall–Kier alpha value is -1.63. The first-order valence-electron chi connectivity index (χ1n) is 6.74. The third-order valence-electron chi connectivity index (χ3n) is 3.09. The van der Waals surface area contributed by atoms with E-state index in [-0.39, 0.29) is 24.0 Å². The quantitative estimate of drug-likeness (QED) is 0.464. The van der Waals surface area contributed by atoms with Crippen molar-refractivity contribution >= 4 is 29.9 Å². The van der Waals surface area contributed by atoms with Crippen molar-refractivity contribution in [3.8, 4) is 0 Å². The van der Waals surface area contributed by atoms with Gasteiger partial charge in [0, 0.05) is 24.9 Å². The molecule has 0 bridgehead atoms. The number of nitrogens with one attached hydrogen (secondary N) is 1. The third-order valence-corrected chi connectivity index (χ3v) is 3.09. The number of hydrogen-bond donors (Lipinski definition) is 2. The van der Waals surface area contributed by atoms with Gasteiger partial charge in [0.1, 0.15) is 0 Å². The van der Waals surface area contributed by atoms with E-state index in [1.165, 1.54) is 11.1 Å². The minimum absolute atomic E-state index is 0. The zero-order valence-electron chi connectivity index (χ0n) is 12.1. The molecule has 0 aliphatic rings. The monoisotopic (exact) mass is 396 g/mol. The van der Waals surface area contributed by atoms with Crippen molar-refractivity contribution in [3.63, 3.8) is 0 Å². The summed E-state index contributed by atoms with van der Waals surface area (Å²) in [4.78, 5) is 8.61. The van der Waals surface area contributed by atoms with Gasteiger partial charge < -0.3 is 11.1 Å². The van der Waals surface area contributed by atoms with Crippen LogP contribution < -0.4 is 11.1 Å². The predicted octanol–water partition coefficient (Wildman–Crippen LogP) is 2.66. The first kappa shape index (κ1) is 17.4. The minimum atomic E-state index is 0. The Morgan fingerprint density at radius 1 is 1.19 bits per heavy atom. The van der Waals surface area contributed by atoms with E-state index in [2.05, 4.69) is 34.3 Å². The first-order valence-corrected chi connectivity index (χ1v) is 6.74.